The lowest BCUT2D eigenvalue weighted by Crippen LogP contribution is -2.24. The van der Waals surface area contributed by atoms with Crippen molar-refractivity contribution in [3.05, 3.63) is 34.4 Å². The third kappa shape index (κ3) is 2.31. The summed E-state index contributed by atoms with van der Waals surface area (Å²) in [6, 6.07) is 4.78. The molecule has 0 bridgehead atoms. The molecule has 1 aromatic carbocycles. The fourth-order valence-corrected chi connectivity index (χ4v) is 2.95. The second kappa shape index (κ2) is 4.61. The SMILES string of the molecule is CCC1CC(Cc2cc(C)c(C)c(C)c2)C1. The summed E-state index contributed by atoms with van der Waals surface area (Å²) in [4.78, 5) is 0. The maximum atomic E-state index is 2.39. The monoisotopic (exact) mass is 216 g/mol. The van der Waals surface area contributed by atoms with E-state index >= 15 is 0 Å². The summed E-state index contributed by atoms with van der Waals surface area (Å²) in [5.74, 6) is 1.99. The molecule has 16 heavy (non-hydrogen) atoms. The lowest BCUT2D eigenvalue weighted by Gasteiger charge is -2.35. The Kier molecular flexibility index (Phi) is 3.37. The van der Waals surface area contributed by atoms with Gasteiger partial charge in [0, 0.05) is 0 Å². The molecule has 0 N–H and O–H groups in total. The van der Waals surface area contributed by atoms with E-state index in [1.165, 1.54) is 42.4 Å². The van der Waals surface area contributed by atoms with Gasteiger partial charge in [0.05, 0.1) is 0 Å². The van der Waals surface area contributed by atoms with Crippen LogP contribution in [0.1, 0.15) is 48.4 Å². The molecular weight excluding hydrogens is 192 g/mol. The molecule has 0 amide bonds. The lowest BCUT2D eigenvalue weighted by atomic mass is 9.71. The number of hydrogen-bond donors (Lipinski definition) is 0. The van der Waals surface area contributed by atoms with Gasteiger partial charge in [-0.3, -0.25) is 0 Å². The Morgan fingerprint density at radius 2 is 1.56 bits per heavy atom. The minimum atomic E-state index is 0.964. The van der Waals surface area contributed by atoms with E-state index in [-0.39, 0.29) is 0 Å². The Balaban J connectivity index is 2.01. The maximum absolute atomic E-state index is 2.39. The first-order valence-electron chi connectivity index (χ1n) is 6.66. The van der Waals surface area contributed by atoms with Crippen LogP contribution in [0, 0.1) is 32.6 Å². The highest BCUT2D eigenvalue weighted by atomic mass is 14.3. The van der Waals surface area contributed by atoms with Crippen molar-refractivity contribution >= 4 is 0 Å². The molecule has 1 aromatic rings. The molecule has 0 radical (unpaired) electrons. The van der Waals surface area contributed by atoms with E-state index in [0.29, 0.717) is 0 Å². The average molecular weight is 216 g/mol. The lowest BCUT2D eigenvalue weighted by molar-refractivity contribution is 0.187. The van der Waals surface area contributed by atoms with Crippen molar-refractivity contribution in [1.29, 1.82) is 0 Å². The van der Waals surface area contributed by atoms with Crippen LogP contribution in [0.15, 0.2) is 12.1 Å². The quantitative estimate of drug-likeness (QED) is 0.693. The second-order valence-electron chi connectivity index (χ2n) is 5.67. The van der Waals surface area contributed by atoms with Crippen molar-refractivity contribution in [2.45, 2.75) is 53.4 Å². The Labute approximate surface area is 100 Å². The first kappa shape index (κ1) is 11.7. The molecule has 2 rings (SSSR count). The molecule has 0 heterocycles. The van der Waals surface area contributed by atoms with Crippen LogP contribution >= 0.6 is 0 Å². The van der Waals surface area contributed by atoms with Crippen molar-refractivity contribution in [3.63, 3.8) is 0 Å². The third-order valence-electron chi connectivity index (χ3n) is 4.42. The highest BCUT2D eigenvalue weighted by Crippen LogP contribution is 2.38. The minimum Gasteiger partial charge on any atom is -0.0651 e. The fourth-order valence-electron chi connectivity index (χ4n) is 2.95. The van der Waals surface area contributed by atoms with Crippen molar-refractivity contribution in [3.8, 4) is 0 Å². The van der Waals surface area contributed by atoms with Crippen LogP contribution < -0.4 is 0 Å². The van der Waals surface area contributed by atoms with Gasteiger partial charge in [-0.2, -0.15) is 0 Å². The maximum Gasteiger partial charge on any atom is -0.0250 e. The van der Waals surface area contributed by atoms with Gasteiger partial charge in [-0.05, 0) is 74.1 Å². The summed E-state index contributed by atoms with van der Waals surface area (Å²) < 4.78 is 0. The number of benzene rings is 1. The van der Waals surface area contributed by atoms with E-state index in [0.717, 1.165) is 11.8 Å². The van der Waals surface area contributed by atoms with E-state index in [1.54, 1.807) is 5.56 Å². The standard InChI is InChI=1S/C16H24/c1-5-14-8-16(9-14)10-15-6-11(2)13(4)12(3)7-15/h6-7,14,16H,5,8-10H2,1-4H3. The van der Waals surface area contributed by atoms with Gasteiger partial charge in [0.15, 0.2) is 0 Å². The van der Waals surface area contributed by atoms with Crippen molar-refractivity contribution in [2.75, 3.05) is 0 Å². The molecule has 0 spiro atoms. The second-order valence-corrected chi connectivity index (χ2v) is 5.67. The van der Waals surface area contributed by atoms with Crippen molar-refractivity contribution in [2.24, 2.45) is 11.8 Å². The van der Waals surface area contributed by atoms with Gasteiger partial charge in [-0.15, -0.1) is 0 Å². The van der Waals surface area contributed by atoms with Crippen LogP contribution in [0.5, 0.6) is 0 Å². The van der Waals surface area contributed by atoms with Gasteiger partial charge < -0.3 is 0 Å². The Hall–Kier alpha value is -0.780. The minimum absolute atomic E-state index is 0.964. The summed E-state index contributed by atoms with van der Waals surface area (Å²) in [6.45, 7) is 9.02. The molecule has 0 unspecified atom stereocenters. The molecule has 1 fully saturated rings. The normalized spacial score (nSPS) is 24.2. The Bertz CT molecular complexity index is 347. The van der Waals surface area contributed by atoms with E-state index in [1.807, 2.05) is 0 Å². The van der Waals surface area contributed by atoms with Crippen LogP contribution in [-0.4, -0.2) is 0 Å². The molecule has 88 valence electrons. The molecule has 1 saturated carbocycles. The van der Waals surface area contributed by atoms with Crippen LogP contribution in [0.3, 0.4) is 0 Å². The van der Waals surface area contributed by atoms with E-state index in [2.05, 4.69) is 39.8 Å². The molecule has 0 atom stereocenters. The van der Waals surface area contributed by atoms with Crippen molar-refractivity contribution in [1.82, 2.24) is 0 Å². The highest BCUT2D eigenvalue weighted by molar-refractivity contribution is 5.37. The Morgan fingerprint density at radius 3 is 2.06 bits per heavy atom. The zero-order chi connectivity index (χ0) is 11.7. The average Bonchev–Trinajstić information content (AvgIpc) is 2.19. The molecule has 0 saturated heterocycles. The van der Waals surface area contributed by atoms with E-state index in [4.69, 9.17) is 0 Å². The predicted octanol–water partition coefficient (Wildman–Crippen LogP) is 4.59. The molecule has 0 nitrogen and oxygen atoms in total. The van der Waals surface area contributed by atoms with Crippen LogP contribution in [0.4, 0.5) is 0 Å². The summed E-state index contributed by atoms with van der Waals surface area (Å²) in [7, 11) is 0. The summed E-state index contributed by atoms with van der Waals surface area (Å²) >= 11 is 0. The van der Waals surface area contributed by atoms with Gasteiger partial charge in [-0.1, -0.05) is 25.5 Å². The fraction of sp³-hybridized carbons (Fsp3) is 0.625. The van der Waals surface area contributed by atoms with Gasteiger partial charge in [0.1, 0.15) is 0 Å². The summed E-state index contributed by atoms with van der Waals surface area (Å²) in [5.41, 5.74) is 5.94. The molecular formula is C16H24. The van der Waals surface area contributed by atoms with Gasteiger partial charge in [0.2, 0.25) is 0 Å². The summed E-state index contributed by atoms with van der Waals surface area (Å²) in [6.07, 6.45) is 5.60. The molecule has 0 aliphatic heterocycles. The molecule has 1 aliphatic rings. The number of aryl methyl sites for hydroxylation is 2. The Morgan fingerprint density at radius 1 is 1.00 bits per heavy atom. The molecule has 0 aromatic heterocycles. The van der Waals surface area contributed by atoms with Crippen LogP contribution in [-0.2, 0) is 6.42 Å². The first-order chi connectivity index (χ1) is 7.60. The zero-order valence-corrected chi connectivity index (χ0v) is 11.1. The van der Waals surface area contributed by atoms with E-state index in [9.17, 15) is 0 Å². The zero-order valence-electron chi connectivity index (χ0n) is 11.1. The smallest absolute Gasteiger partial charge is 0.0250 e. The molecule has 1 aliphatic carbocycles. The highest BCUT2D eigenvalue weighted by Gasteiger charge is 2.27. The summed E-state index contributed by atoms with van der Waals surface area (Å²) in [5, 5.41) is 0. The predicted molar refractivity (Wildman–Crippen MR) is 70.9 cm³/mol. The molecule has 0 heteroatoms. The largest absolute Gasteiger partial charge is 0.0651 e. The van der Waals surface area contributed by atoms with Gasteiger partial charge in [0.25, 0.3) is 0 Å². The topological polar surface area (TPSA) is 0 Å². The number of rotatable bonds is 3. The van der Waals surface area contributed by atoms with Gasteiger partial charge >= 0.3 is 0 Å². The van der Waals surface area contributed by atoms with Crippen molar-refractivity contribution < 1.29 is 0 Å². The van der Waals surface area contributed by atoms with Crippen LogP contribution in [0.2, 0.25) is 0 Å². The number of hydrogen-bond acceptors (Lipinski definition) is 0. The van der Waals surface area contributed by atoms with E-state index < -0.39 is 0 Å². The van der Waals surface area contributed by atoms with Gasteiger partial charge in [-0.25, -0.2) is 0 Å². The third-order valence-corrected chi connectivity index (χ3v) is 4.42. The first-order valence-corrected chi connectivity index (χ1v) is 6.66. The van der Waals surface area contributed by atoms with Crippen LogP contribution in [0.25, 0.3) is 0 Å².